The summed E-state index contributed by atoms with van der Waals surface area (Å²) in [5.41, 5.74) is 5.13. The second kappa shape index (κ2) is 13.8. The first-order valence-corrected chi connectivity index (χ1v) is 8.81. The minimum absolute atomic E-state index is 0. The second-order valence-electron chi connectivity index (χ2n) is 5.85. The van der Waals surface area contributed by atoms with Crippen molar-refractivity contribution in [3.63, 3.8) is 0 Å². The Hall–Kier alpha value is -2.34. The van der Waals surface area contributed by atoms with Crippen LogP contribution in [0.25, 0.3) is 22.3 Å². The normalized spacial score (nSPS) is 8.86. The fraction of sp³-hybridized carbons (Fsp3) is 0. The van der Waals surface area contributed by atoms with Gasteiger partial charge in [0.25, 0.3) is 0 Å². The predicted octanol–water partition coefficient (Wildman–Crippen LogP) is 7.26. The van der Waals surface area contributed by atoms with Crippen LogP contribution in [0.5, 0.6) is 0 Å². The van der Waals surface area contributed by atoms with E-state index in [2.05, 4.69) is 72.8 Å². The Morgan fingerprint density at radius 2 is 0.714 bits per heavy atom. The molecule has 0 radical (unpaired) electrons. The van der Waals surface area contributed by atoms with Gasteiger partial charge in [-0.15, -0.1) is 35.4 Å². The number of hydrogen-bond donors (Lipinski definition) is 0. The standard InChI is InChI=1S/C16H12.2C5H5.2Fe/c1-2-6-13(5-1)15-9-11-16(12-10-15)14-7-3-4-8-14;2*1-2-4-5-3-1;;/h1-12H;2*1-5H;;/q-2;2*-1;;. The van der Waals surface area contributed by atoms with E-state index in [4.69, 9.17) is 0 Å². The van der Waals surface area contributed by atoms with E-state index in [-0.39, 0.29) is 34.1 Å². The zero-order valence-corrected chi connectivity index (χ0v) is 17.6. The summed E-state index contributed by atoms with van der Waals surface area (Å²) in [5.74, 6) is 0. The predicted molar refractivity (Wildman–Crippen MR) is 113 cm³/mol. The third-order valence-electron chi connectivity index (χ3n) is 3.99. The number of benzene rings is 1. The van der Waals surface area contributed by atoms with Gasteiger partial charge in [0.05, 0.1) is 0 Å². The van der Waals surface area contributed by atoms with Crippen LogP contribution in [0.1, 0.15) is 0 Å². The topological polar surface area (TPSA) is 0 Å². The molecule has 5 aromatic carbocycles. The molecule has 0 spiro atoms. The van der Waals surface area contributed by atoms with Gasteiger partial charge in [-0.05, 0) is 0 Å². The van der Waals surface area contributed by atoms with Gasteiger partial charge >= 0.3 is 0 Å². The second-order valence-corrected chi connectivity index (χ2v) is 5.85. The van der Waals surface area contributed by atoms with Gasteiger partial charge in [0.1, 0.15) is 0 Å². The van der Waals surface area contributed by atoms with E-state index in [0.29, 0.717) is 0 Å². The Bertz CT molecular complexity index is 779. The van der Waals surface area contributed by atoms with Crippen molar-refractivity contribution in [3.05, 3.63) is 133 Å². The average molecular weight is 446 g/mol. The summed E-state index contributed by atoms with van der Waals surface area (Å²) in [6.07, 6.45) is 0. The van der Waals surface area contributed by atoms with Crippen LogP contribution in [-0.2, 0) is 34.1 Å². The number of hydrogen-bond acceptors (Lipinski definition) is 0. The van der Waals surface area contributed by atoms with Gasteiger partial charge in [-0.2, -0.15) is 84.9 Å². The zero-order chi connectivity index (χ0) is 17.9. The SMILES string of the molecule is [Fe].[Fe].c1cc[c-](-c2ccc(-[c-]3cccc3)cc2)c1.c1cc[cH-]c1.c1cc[cH-]c1. The van der Waals surface area contributed by atoms with E-state index in [9.17, 15) is 0 Å². The van der Waals surface area contributed by atoms with E-state index in [1.54, 1.807) is 0 Å². The first kappa shape index (κ1) is 23.7. The van der Waals surface area contributed by atoms with Crippen LogP contribution in [0, 0.1) is 0 Å². The summed E-state index contributed by atoms with van der Waals surface area (Å²) >= 11 is 0. The fourth-order valence-electron chi connectivity index (χ4n) is 2.63. The largest absolute Gasteiger partial charge is 0.214 e. The summed E-state index contributed by atoms with van der Waals surface area (Å²) in [6.45, 7) is 0. The summed E-state index contributed by atoms with van der Waals surface area (Å²) in [7, 11) is 0. The minimum atomic E-state index is 0. The van der Waals surface area contributed by atoms with E-state index in [1.165, 1.54) is 22.3 Å². The van der Waals surface area contributed by atoms with Crippen molar-refractivity contribution >= 4 is 0 Å². The van der Waals surface area contributed by atoms with Crippen LogP contribution in [0.4, 0.5) is 0 Å². The minimum Gasteiger partial charge on any atom is -0.214 e. The Kier molecular flexibility index (Phi) is 11.7. The molecule has 5 rings (SSSR count). The van der Waals surface area contributed by atoms with Gasteiger partial charge in [0.2, 0.25) is 0 Å². The molecule has 0 nitrogen and oxygen atoms in total. The van der Waals surface area contributed by atoms with Crippen molar-refractivity contribution in [1.29, 1.82) is 0 Å². The zero-order valence-electron chi connectivity index (χ0n) is 15.4. The van der Waals surface area contributed by atoms with Gasteiger partial charge in [-0.1, -0.05) is 11.1 Å². The van der Waals surface area contributed by atoms with E-state index in [0.717, 1.165) is 0 Å². The molecular weight excluding hydrogens is 424 g/mol. The molecule has 0 saturated carbocycles. The Labute approximate surface area is 189 Å². The average Bonchev–Trinajstić information content (AvgIpc) is 3.50. The molecule has 0 fully saturated rings. The molecule has 0 heterocycles. The van der Waals surface area contributed by atoms with Crippen LogP contribution in [-0.4, -0.2) is 0 Å². The van der Waals surface area contributed by atoms with Crippen molar-refractivity contribution < 1.29 is 34.1 Å². The molecule has 0 unspecified atom stereocenters. The monoisotopic (exact) mass is 446 g/mol. The van der Waals surface area contributed by atoms with E-state index < -0.39 is 0 Å². The molecule has 0 atom stereocenters. The molecule has 0 saturated heterocycles. The molecule has 0 bridgehead atoms. The van der Waals surface area contributed by atoms with Crippen molar-refractivity contribution in [2.45, 2.75) is 0 Å². The smallest absolute Gasteiger partial charge is 0 e. The van der Waals surface area contributed by atoms with Crippen molar-refractivity contribution in [1.82, 2.24) is 0 Å². The van der Waals surface area contributed by atoms with Crippen LogP contribution < -0.4 is 0 Å². The summed E-state index contributed by atoms with van der Waals surface area (Å²) in [6, 6.07) is 45.5. The Balaban J connectivity index is 0.000000271. The molecule has 0 aliphatic rings. The van der Waals surface area contributed by atoms with Gasteiger partial charge in [-0.3, -0.25) is 0 Å². The van der Waals surface area contributed by atoms with Crippen LogP contribution >= 0.6 is 0 Å². The molecule has 5 aromatic rings. The molecule has 0 aliphatic heterocycles. The van der Waals surface area contributed by atoms with Crippen molar-refractivity contribution in [3.8, 4) is 22.3 Å². The van der Waals surface area contributed by atoms with Gasteiger partial charge in [0.15, 0.2) is 0 Å². The summed E-state index contributed by atoms with van der Waals surface area (Å²) < 4.78 is 0. The molecule has 0 aromatic heterocycles. The molecular formula is C26H22Fe2-4. The van der Waals surface area contributed by atoms with E-state index in [1.807, 2.05) is 60.7 Å². The maximum atomic E-state index is 2.18. The molecule has 28 heavy (non-hydrogen) atoms. The molecule has 0 aliphatic carbocycles. The maximum absolute atomic E-state index is 2.18. The van der Waals surface area contributed by atoms with Gasteiger partial charge < -0.3 is 0 Å². The first-order chi connectivity index (χ1) is 12.9. The van der Waals surface area contributed by atoms with Gasteiger partial charge in [0, 0.05) is 34.1 Å². The maximum Gasteiger partial charge on any atom is 0 e. The summed E-state index contributed by atoms with van der Waals surface area (Å²) in [5, 5.41) is 0. The van der Waals surface area contributed by atoms with Crippen LogP contribution in [0.2, 0.25) is 0 Å². The molecule has 2 heteroatoms. The molecule has 0 amide bonds. The molecule has 146 valence electrons. The van der Waals surface area contributed by atoms with E-state index >= 15 is 0 Å². The Morgan fingerprint density at radius 1 is 0.429 bits per heavy atom. The van der Waals surface area contributed by atoms with Crippen LogP contribution in [0.15, 0.2) is 133 Å². The number of rotatable bonds is 2. The third kappa shape index (κ3) is 7.72. The van der Waals surface area contributed by atoms with Crippen molar-refractivity contribution in [2.75, 3.05) is 0 Å². The first-order valence-electron chi connectivity index (χ1n) is 8.81. The quantitative estimate of drug-likeness (QED) is 0.198. The van der Waals surface area contributed by atoms with Crippen molar-refractivity contribution in [2.24, 2.45) is 0 Å². The fourth-order valence-corrected chi connectivity index (χ4v) is 2.63. The van der Waals surface area contributed by atoms with Crippen LogP contribution in [0.3, 0.4) is 0 Å². The third-order valence-corrected chi connectivity index (χ3v) is 3.99. The van der Waals surface area contributed by atoms with Gasteiger partial charge in [-0.25, -0.2) is 24.3 Å². The molecule has 0 N–H and O–H groups in total. The Morgan fingerprint density at radius 3 is 0.929 bits per heavy atom. The summed E-state index contributed by atoms with van der Waals surface area (Å²) in [4.78, 5) is 0.